The molecule has 1 aromatic carbocycles. The smallest absolute Gasteiger partial charge is 0.225 e. The summed E-state index contributed by atoms with van der Waals surface area (Å²) in [5.74, 6) is 1.24. The minimum absolute atomic E-state index is 0. The molecule has 1 aliphatic rings. The third kappa shape index (κ3) is 5.85. The fourth-order valence-corrected chi connectivity index (χ4v) is 2.88. The lowest BCUT2D eigenvalue weighted by atomic mass is 9.85. The van der Waals surface area contributed by atoms with Crippen molar-refractivity contribution in [1.82, 2.24) is 4.90 Å². The predicted octanol–water partition coefficient (Wildman–Crippen LogP) is 2.85. The Morgan fingerprint density at radius 1 is 1.32 bits per heavy atom. The first-order chi connectivity index (χ1) is 10.2. The molecule has 0 radical (unpaired) electrons. The van der Waals surface area contributed by atoms with E-state index in [1.165, 1.54) is 0 Å². The molecule has 1 amide bonds. The molecule has 22 heavy (non-hydrogen) atoms. The topological polar surface area (TPSA) is 55.6 Å². The van der Waals surface area contributed by atoms with E-state index in [-0.39, 0.29) is 30.3 Å². The zero-order valence-electron chi connectivity index (χ0n) is 13.2. The summed E-state index contributed by atoms with van der Waals surface area (Å²) in [5.41, 5.74) is 5.96. The second-order valence-corrected chi connectivity index (χ2v) is 5.90. The number of nitrogens with zero attached hydrogens (tertiary/aromatic N) is 1. The molecule has 0 spiro atoms. The number of halogens is 1. The molecule has 1 aliphatic carbocycles. The van der Waals surface area contributed by atoms with Gasteiger partial charge in [0.25, 0.3) is 0 Å². The van der Waals surface area contributed by atoms with Gasteiger partial charge in [-0.1, -0.05) is 24.6 Å². The monoisotopic (exact) mass is 326 g/mol. The zero-order valence-corrected chi connectivity index (χ0v) is 14.1. The van der Waals surface area contributed by atoms with Crippen molar-refractivity contribution < 1.29 is 9.53 Å². The molecule has 0 bridgehead atoms. The van der Waals surface area contributed by atoms with E-state index in [0.717, 1.165) is 44.4 Å². The van der Waals surface area contributed by atoms with Crippen LogP contribution in [0.3, 0.4) is 0 Å². The van der Waals surface area contributed by atoms with Gasteiger partial charge in [0, 0.05) is 25.6 Å². The van der Waals surface area contributed by atoms with Crippen LogP contribution in [0.25, 0.3) is 0 Å². The Morgan fingerprint density at radius 2 is 2.05 bits per heavy atom. The molecule has 2 atom stereocenters. The van der Waals surface area contributed by atoms with Crippen molar-refractivity contribution in [3.63, 3.8) is 0 Å². The molecule has 5 heteroatoms. The molecule has 1 saturated carbocycles. The highest BCUT2D eigenvalue weighted by Gasteiger charge is 2.27. The Balaban J connectivity index is 0.00000242. The maximum absolute atomic E-state index is 12.3. The number of ether oxygens (including phenoxy) is 1. The number of hydrogen-bond acceptors (Lipinski definition) is 3. The van der Waals surface area contributed by atoms with Crippen LogP contribution in [-0.2, 0) is 4.79 Å². The Morgan fingerprint density at radius 3 is 2.73 bits per heavy atom. The zero-order chi connectivity index (χ0) is 15.1. The van der Waals surface area contributed by atoms with Crippen LogP contribution >= 0.6 is 12.4 Å². The predicted molar refractivity (Wildman–Crippen MR) is 91.4 cm³/mol. The molecule has 0 aliphatic heterocycles. The summed E-state index contributed by atoms with van der Waals surface area (Å²) < 4.78 is 5.64. The van der Waals surface area contributed by atoms with Crippen LogP contribution in [0.4, 0.5) is 0 Å². The number of amides is 1. The van der Waals surface area contributed by atoms with Gasteiger partial charge in [-0.05, 0) is 37.8 Å². The summed E-state index contributed by atoms with van der Waals surface area (Å²) in [6, 6.07) is 9.96. The Labute approximate surface area is 139 Å². The van der Waals surface area contributed by atoms with Crippen LogP contribution < -0.4 is 10.5 Å². The Kier molecular flexibility index (Phi) is 8.28. The Hall–Kier alpha value is -1.26. The van der Waals surface area contributed by atoms with Crippen molar-refractivity contribution in [3.05, 3.63) is 30.3 Å². The highest BCUT2D eigenvalue weighted by atomic mass is 35.5. The number of nitrogens with two attached hydrogens (primary N) is 1. The molecular formula is C17H27ClN2O2. The maximum Gasteiger partial charge on any atom is 0.225 e. The lowest BCUT2D eigenvalue weighted by molar-refractivity contribution is -0.135. The van der Waals surface area contributed by atoms with E-state index < -0.39 is 0 Å². The summed E-state index contributed by atoms with van der Waals surface area (Å²) in [4.78, 5) is 14.2. The van der Waals surface area contributed by atoms with Gasteiger partial charge in [0.1, 0.15) is 5.75 Å². The lowest BCUT2D eigenvalue weighted by Crippen LogP contribution is -2.39. The average Bonchev–Trinajstić information content (AvgIpc) is 2.51. The minimum atomic E-state index is 0. The van der Waals surface area contributed by atoms with Crippen LogP contribution in [-0.4, -0.2) is 37.0 Å². The summed E-state index contributed by atoms with van der Waals surface area (Å²) in [7, 11) is 1.88. The van der Waals surface area contributed by atoms with E-state index in [4.69, 9.17) is 10.5 Å². The number of benzene rings is 1. The summed E-state index contributed by atoms with van der Waals surface area (Å²) in [5, 5.41) is 0. The van der Waals surface area contributed by atoms with Gasteiger partial charge in [0.2, 0.25) is 5.91 Å². The Bertz CT molecular complexity index is 442. The van der Waals surface area contributed by atoms with Gasteiger partial charge < -0.3 is 15.4 Å². The van der Waals surface area contributed by atoms with Gasteiger partial charge >= 0.3 is 0 Å². The van der Waals surface area contributed by atoms with Gasteiger partial charge in [-0.25, -0.2) is 0 Å². The van der Waals surface area contributed by atoms with E-state index in [0.29, 0.717) is 6.61 Å². The fraction of sp³-hybridized carbons (Fsp3) is 0.588. The number of para-hydroxylation sites is 1. The van der Waals surface area contributed by atoms with Crippen LogP contribution in [0.1, 0.15) is 32.1 Å². The average molecular weight is 327 g/mol. The highest BCUT2D eigenvalue weighted by molar-refractivity contribution is 5.85. The van der Waals surface area contributed by atoms with Crippen molar-refractivity contribution >= 4 is 18.3 Å². The molecule has 0 aromatic heterocycles. The standard InChI is InChI=1S/C17H26N2O2.ClH/c1-19(17(20)14-7-5-8-15(18)13-14)11-6-12-21-16-9-3-2-4-10-16;/h2-4,9-10,14-15H,5-8,11-13,18H2,1H3;1H. The van der Waals surface area contributed by atoms with Crippen molar-refractivity contribution in [3.8, 4) is 5.75 Å². The van der Waals surface area contributed by atoms with E-state index in [9.17, 15) is 4.79 Å². The van der Waals surface area contributed by atoms with E-state index in [1.54, 1.807) is 0 Å². The first kappa shape index (κ1) is 18.8. The molecule has 124 valence electrons. The van der Waals surface area contributed by atoms with E-state index >= 15 is 0 Å². The van der Waals surface area contributed by atoms with Crippen LogP contribution in [0.2, 0.25) is 0 Å². The first-order valence-electron chi connectivity index (χ1n) is 7.85. The quantitative estimate of drug-likeness (QED) is 0.818. The SMILES string of the molecule is CN(CCCOc1ccccc1)C(=O)C1CCCC(N)C1.Cl. The third-order valence-corrected chi connectivity index (χ3v) is 4.09. The lowest BCUT2D eigenvalue weighted by Gasteiger charge is -2.29. The van der Waals surface area contributed by atoms with Gasteiger partial charge in [-0.3, -0.25) is 4.79 Å². The summed E-state index contributed by atoms with van der Waals surface area (Å²) in [6.07, 6.45) is 4.79. The second kappa shape index (κ2) is 9.70. The van der Waals surface area contributed by atoms with Gasteiger partial charge in [0.15, 0.2) is 0 Å². The number of carbonyl (C=O) groups excluding carboxylic acids is 1. The van der Waals surface area contributed by atoms with Crippen molar-refractivity contribution in [1.29, 1.82) is 0 Å². The largest absolute Gasteiger partial charge is 0.494 e. The normalized spacial score (nSPS) is 20.8. The first-order valence-corrected chi connectivity index (χ1v) is 7.85. The molecule has 2 N–H and O–H groups in total. The molecule has 4 nitrogen and oxygen atoms in total. The van der Waals surface area contributed by atoms with Crippen LogP contribution in [0.15, 0.2) is 30.3 Å². The van der Waals surface area contributed by atoms with E-state index in [2.05, 4.69) is 0 Å². The summed E-state index contributed by atoms with van der Waals surface area (Å²) in [6.45, 7) is 1.36. The second-order valence-electron chi connectivity index (χ2n) is 5.90. The number of rotatable bonds is 6. The van der Waals surface area contributed by atoms with Gasteiger partial charge in [-0.2, -0.15) is 0 Å². The van der Waals surface area contributed by atoms with Crippen molar-refractivity contribution in [2.45, 2.75) is 38.1 Å². The van der Waals surface area contributed by atoms with Crippen molar-refractivity contribution in [2.24, 2.45) is 11.7 Å². The van der Waals surface area contributed by atoms with E-state index in [1.807, 2.05) is 42.3 Å². The van der Waals surface area contributed by atoms with Crippen LogP contribution in [0, 0.1) is 5.92 Å². The molecule has 0 heterocycles. The molecule has 0 saturated heterocycles. The summed E-state index contributed by atoms with van der Waals surface area (Å²) >= 11 is 0. The molecule has 1 fully saturated rings. The van der Waals surface area contributed by atoms with Gasteiger partial charge in [-0.15, -0.1) is 12.4 Å². The fourth-order valence-electron chi connectivity index (χ4n) is 2.88. The number of hydrogen-bond donors (Lipinski definition) is 1. The minimum Gasteiger partial charge on any atom is -0.494 e. The maximum atomic E-state index is 12.3. The molecule has 1 aromatic rings. The molecule has 2 unspecified atom stereocenters. The van der Waals surface area contributed by atoms with Gasteiger partial charge in [0.05, 0.1) is 6.61 Å². The highest BCUT2D eigenvalue weighted by Crippen LogP contribution is 2.24. The number of carbonyl (C=O) groups is 1. The van der Waals surface area contributed by atoms with Crippen LogP contribution in [0.5, 0.6) is 5.75 Å². The third-order valence-electron chi connectivity index (χ3n) is 4.09. The molecule has 2 rings (SSSR count). The molecular weight excluding hydrogens is 300 g/mol. The van der Waals surface area contributed by atoms with Crippen molar-refractivity contribution in [2.75, 3.05) is 20.2 Å².